The van der Waals surface area contributed by atoms with Crippen molar-refractivity contribution in [2.75, 3.05) is 12.0 Å². The van der Waals surface area contributed by atoms with Crippen molar-refractivity contribution in [2.24, 2.45) is 0 Å². The zero-order chi connectivity index (χ0) is 13.9. The number of Topliss-reactive ketones (excluding diaryl/α,β-unsaturated/α-hetero) is 1. The van der Waals surface area contributed by atoms with Gasteiger partial charge >= 0.3 is 0 Å². The third-order valence-electron chi connectivity index (χ3n) is 2.20. The summed E-state index contributed by atoms with van der Waals surface area (Å²) < 4.78 is 48.8. The van der Waals surface area contributed by atoms with Gasteiger partial charge in [0.1, 0.15) is 21.5 Å². The average Bonchev–Trinajstić information content (AvgIpc) is 2.13. The number of carbonyl (C=O) groups is 1. The summed E-state index contributed by atoms with van der Waals surface area (Å²) in [6.45, 7) is 0. The van der Waals surface area contributed by atoms with Crippen molar-refractivity contribution >= 4 is 31.6 Å². The third kappa shape index (κ3) is 4.45. The lowest BCUT2D eigenvalue weighted by Crippen LogP contribution is -2.09. The van der Waals surface area contributed by atoms with E-state index >= 15 is 0 Å². The molecule has 0 aromatic heterocycles. The van der Waals surface area contributed by atoms with E-state index in [2.05, 4.69) is 15.9 Å². The van der Waals surface area contributed by atoms with E-state index in [1.165, 1.54) is 0 Å². The van der Waals surface area contributed by atoms with Gasteiger partial charge in [-0.1, -0.05) is 15.9 Å². The van der Waals surface area contributed by atoms with Crippen LogP contribution in [-0.2, 0) is 9.84 Å². The Morgan fingerprint density at radius 2 is 1.78 bits per heavy atom. The van der Waals surface area contributed by atoms with Crippen molar-refractivity contribution in [2.45, 2.75) is 12.8 Å². The van der Waals surface area contributed by atoms with Crippen LogP contribution in [0.3, 0.4) is 0 Å². The van der Waals surface area contributed by atoms with Gasteiger partial charge in [-0.3, -0.25) is 4.79 Å². The highest BCUT2D eigenvalue weighted by molar-refractivity contribution is 9.10. The molecular weight excluding hydrogens is 330 g/mol. The van der Waals surface area contributed by atoms with E-state index in [4.69, 9.17) is 0 Å². The second-order valence-corrected chi connectivity index (χ2v) is 7.08. The Hall–Kier alpha value is -0.820. The van der Waals surface area contributed by atoms with E-state index in [-0.39, 0.29) is 23.1 Å². The van der Waals surface area contributed by atoms with Crippen LogP contribution in [0.4, 0.5) is 8.78 Å². The molecule has 0 saturated heterocycles. The summed E-state index contributed by atoms with van der Waals surface area (Å²) in [6.07, 6.45) is 0.882. The fourth-order valence-electron chi connectivity index (χ4n) is 1.43. The first-order valence-electron chi connectivity index (χ1n) is 5.06. The summed E-state index contributed by atoms with van der Waals surface area (Å²) in [7, 11) is -3.18. The molecule has 0 aliphatic carbocycles. The summed E-state index contributed by atoms with van der Waals surface area (Å²) in [5.74, 6) is -2.82. The van der Waals surface area contributed by atoms with Gasteiger partial charge in [-0.25, -0.2) is 17.2 Å². The molecule has 0 atom stereocenters. The molecule has 1 aromatic carbocycles. The van der Waals surface area contributed by atoms with Gasteiger partial charge in [-0.2, -0.15) is 0 Å². The molecule has 0 fully saturated rings. The second kappa shape index (κ2) is 5.88. The van der Waals surface area contributed by atoms with Crippen molar-refractivity contribution in [1.82, 2.24) is 0 Å². The molecule has 0 spiro atoms. The number of halogens is 3. The molecule has 0 bridgehead atoms. The zero-order valence-electron chi connectivity index (χ0n) is 9.54. The van der Waals surface area contributed by atoms with E-state index < -0.39 is 32.8 Å². The van der Waals surface area contributed by atoms with Crippen LogP contribution >= 0.6 is 15.9 Å². The van der Waals surface area contributed by atoms with Gasteiger partial charge in [0, 0.05) is 17.1 Å². The van der Waals surface area contributed by atoms with Crippen LogP contribution in [0.25, 0.3) is 0 Å². The zero-order valence-corrected chi connectivity index (χ0v) is 11.9. The lowest BCUT2D eigenvalue weighted by molar-refractivity contribution is 0.0974. The molecule has 3 nitrogen and oxygen atoms in total. The van der Waals surface area contributed by atoms with E-state index in [1.807, 2.05) is 0 Å². The molecule has 0 radical (unpaired) electrons. The van der Waals surface area contributed by atoms with Crippen molar-refractivity contribution in [3.8, 4) is 0 Å². The fraction of sp³-hybridized carbons (Fsp3) is 0.364. The van der Waals surface area contributed by atoms with Crippen LogP contribution in [0.1, 0.15) is 23.2 Å². The van der Waals surface area contributed by atoms with E-state index in [9.17, 15) is 22.0 Å². The smallest absolute Gasteiger partial charge is 0.168 e. The maximum Gasteiger partial charge on any atom is 0.168 e. The van der Waals surface area contributed by atoms with Gasteiger partial charge in [0.15, 0.2) is 5.78 Å². The summed E-state index contributed by atoms with van der Waals surface area (Å²) >= 11 is 2.90. The quantitative estimate of drug-likeness (QED) is 0.774. The van der Waals surface area contributed by atoms with Gasteiger partial charge in [0.2, 0.25) is 0 Å². The summed E-state index contributed by atoms with van der Waals surface area (Å²) in [5, 5.41) is 0. The van der Waals surface area contributed by atoms with E-state index in [0.717, 1.165) is 18.4 Å². The minimum Gasteiger partial charge on any atom is -0.294 e. The number of hydrogen-bond donors (Lipinski definition) is 0. The normalized spacial score (nSPS) is 11.6. The molecule has 0 amide bonds. The number of hydrogen-bond acceptors (Lipinski definition) is 3. The monoisotopic (exact) mass is 340 g/mol. The summed E-state index contributed by atoms with van der Waals surface area (Å²) in [4.78, 5) is 11.6. The largest absolute Gasteiger partial charge is 0.294 e. The molecule has 1 aromatic rings. The maximum absolute atomic E-state index is 13.4. The predicted octanol–water partition coefficient (Wildman–Crippen LogP) is 2.73. The predicted molar refractivity (Wildman–Crippen MR) is 67.3 cm³/mol. The van der Waals surface area contributed by atoms with Crippen LogP contribution in [0.5, 0.6) is 0 Å². The molecule has 0 aliphatic rings. The van der Waals surface area contributed by atoms with E-state index in [0.29, 0.717) is 0 Å². The first-order chi connectivity index (χ1) is 8.20. The van der Waals surface area contributed by atoms with Crippen molar-refractivity contribution in [1.29, 1.82) is 0 Å². The lowest BCUT2D eigenvalue weighted by Gasteiger charge is -2.04. The molecule has 7 heteroatoms. The van der Waals surface area contributed by atoms with Crippen molar-refractivity contribution in [3.05, 3.63) is 33.8 Å². The summed E-state index contributed by atoms with van der Waals surface area (Å²) in [5.41, 5.74) is -0.619. The van der Waals surface area contributed by atoms with Crippen LogP contribution in [0.2, 0.25) is 0 Å². The van der Waals surface area contributed by atoms with Gasteiger partial charge in [-0.05, 0) is 18.6 Å². The maximum atomic E-state index is 13.4. The Kier molecular flexibility index (Phi) is 4.98. The SMILES string of the molecule is CS(=O)(=O)CCCC(=O)c1c(F)cc(Br)cc1F. The second-order valence-electron chi connectivity index (χ2n) is 3.90. The molecule has 18 heavy (non-hydrogen) atoms. The third-order valence-corrected chi connectivity index (χ3v) is 3.69. The Bertz CT molecular complexity index is 547. The van der Waals surface area contributed by atoms with Gasteiger partial charge < -0.3 is 0 Å². The van der Waals surface area contributed by atoms with E-state index in [1.54, 1.807) is 0 Å². The number of carbonyl (C=O) groups excluding carboxylic acids is 1. The standard InChI is InChI=1S/C11H11BrF2O3S/c1-18(16,17)4-2-3-10(15)11-8(13)5-7(12)6-9(11)14/h5-6H,2-4H2,1H3. The highest BCUT2D eigenvalue weighted by Gasteiger charge is 2.18. The Labute approximate surface area is 112 Å². The highest BCUT2D eigenvalue weighted by Crippen LogP contribution is 2.21. The molecule has 0 heterocycles. The van der Waals surface area contributed by atoms with Crippen molar-refractivity contribution in [3.63, 3.8) is 0 Å². The topological polar surface area (TPSA) is 51.2 Å². The fourth-order valence-corrected chi connectivity index (χ4v) is 2.50. The van der Waals surface area contributed by atoms with Crippen LogP contribution in [0.15, 0.2) is 16.6 Å². The van der Waals surface area contributed by atoms with Crippen LogP contribution in [0, 0.1) is 11.6 Å². The van der Waals surface area contributed by atoms with Crippen LogP contribution < -0.4 is 0 Å². The number of ketones is 1. The molecule has 1 rings (SSSR count). The van der Waals surface area contributed by atoms with Crippen LogP contribution in [-0.4, -0.2) is 26.2 Å². The van der Waals surface area contributed by atoms with Crippen molar-refractivity contribution < 1.29 is 22.0 Å². The lowest BCUT2D eigenvalue weighted by atomic mass is 10.1. The number of rotatable bonds is 5. The van der Waals surface area contributed by atoms with Gasteiger partial charge in [0.25, 0.3) is 0 Å². The first-order valence-corrected chi connectivity index (χ1v) is 7.91. The molecule has 0 N–H and O–H groups in total. The average molecular weight is 341 g/mol. The van der Waals surface area contributed by atoms with Gasteiger partial charge in [-0.15, -0.1) is 0 Å². The molecule has 0 aliphatic heterocycles. The Balaban J connectivity index is 2.80. The number of sulfone groups is 1. The number of benzene rings is 1. The molecule has 100 valence electrons. The first kappa shape index (κ1) is 15.2. The molecular formula is C11H11BrF2O3S. The Morgan fingerprint density at radius 3 is 2.22 bits per heavy atom. The molecule has 0 saturated carbocycles. The minimum absolute atomic E-state index is 0.0482. The molecule has 0 unspecified atom stereocenters. The summed E-state index contributed by atoms with van der Waals surface area (Å²) in [6, 6.07) is 1.99. The highest BCUT2D eigenvalue weighted by atomic mass is 79.9. The minimum atomic E-state index is -3.18. The van der Waals surface area contributed by atoms with Gasteiger partial charge in [0.05, 0.1) is 11.3 Å². The Morgan fingerprint density at radius 1 is 1.28 bits per heavy atom.